The Kier molecular flexibility index (Phi) is 8.29. The molecule has 13 heteroatoms. The van der Waals surface area contributed by atoms with Crippen molar-refractivity contribution in [1.29, 1.82) is 0 Å². The summed E-state index contributed by atoms with van der Waals surface area (Å²) in [6, 6.07) is 6.36. The van der Waals surface area contributed by atoms with E-state index in [-0.39, 0.29) is 40.7 Å². The first-order valence-electron chi connectivity index (χ1n) is 13.5. The van der Waals surface area contributed by atoms with E-state index in [0.717, 1.165) is 6.42 Å². The van der Waals surface area contributed by atoms with Gasteiger partial charge in [-0.25, -0.2) is 4.98 Å². The number of carbonyl (C=O) groups excluding carboxylic acids is 1. The zero-order valence-electron chi connectivity index (χ0n) is 24.3. The SMILES string of the molecule is CC[C@H]1O[C@@H](n2cnc3c(OC(C)c4ccccc4[N+](=O)[O-])nc(NC(C)=O)nc32)CC1O[Si](C)(C)C(C)(C)C. The van der Waals surface area contributed by atoms with Gasteiger partial charge in [-0.05, 0) is 37.5 Å². The molecule has 4 rings (SSSR count). The van der Waals surface area contributed by atoms with Crippen LogP contribution in [-0.2, 0) is 14.0 Å². The molecule has 12 nitrogen and oxygen atoms in total. The Balaban J connectivity index is 1.70. The number of hydrogen-bond donors (Lipinski definition) is 1. The van der Waals surface area contributed by atoms with Gasteiger partial charge in [-0.1, -0.05) is 39.8 Å². The first-order valence-corrected chi connectivity index (χ1v) is 16.4. The molecule has 1 aromatic carbocycles. The Bertz CT molecular complexity index is 1400. The summed E-state index contributed by atoms with van der Waals surface area (Å²) >= 11 is 0. The molecule has 2 aromatic heterocycles. The van der Waals surface area contributed by atoms with Crippen LogP contribution in [0.25, 0.3) is 11.2 Å². The number of ether oxygens (including phenoxy) is 2. The third kappa shape index (κ3) is 6.00. The Morgan fingerprint density at radius 1 is 1.30 bits per heavy atom. The molecule has 3 heterocycles. The fraction of sp³-hybridized carbons (Fsp3) is 0.556. The van der Waals surface area contributed by atoms with Gasteiger partial charge in [0.1, 0.15) is 12.3 Å². The van der Waals surface area contributed by atoms with Crippen molar-refractivity contribution in [2.45, 2.75) is 97.1 Å². The molecule has 1 aliphatic rings. The Morgan fingerprint density at radius 3 is 2.62 bits per heavy atom. The lowest BCUT2D eigenvalue weighted by molar-refractivity contribution is -0.386. The number of carbonyl (C=O) groups is 1. The molecule has 0 spiro atoms. The number of aromatic nitrogens is 4. The van der Waals surface area contributed by atoms with Gasteiger partial charge in [0, 0.05) is 19.4 Å². The largest absolute Gasteiger partial charge is 0.468 e. The number of fused-ring (bicyclic) bond motifs is 1. The van der Waals surface area contributed by atoms with E-state index in [1.54, 1.807) is 31.5 Å². The molecule has 0 aliphatic carbocycles. The number of hydrogen-bond acceptors (Lipinski definition) is 9. The van der Waals surface area contributed by atoms with E-state index in [9.17, 15) is 14.9 Å². The minimum absolute atomic E-state index is 0.0330. The van der Waals surface area contributed by atoms with Crippen LogP contribution in [0, 0.1) is 10.1 Å². The average molecular weight is 571 g/mol. The molecule has 0 radical (unpaired) electrons. The Hall–Kier alpha value is -3.42. The van der Waals surface area contributed by atoms with Crippen molar-refractivity contribution in [3.8, 4) is 5.88 Å². The van der Waals surface area contributed by atoms with Gasteiger partial charge >= 0.3 is 0 Å². The van der Waals surface area contributed by atoms with Crippen molar-refractivity contribution in [2.24, 2.45) is 0 Å². The quantitative estimate of drug-likeness (QED) is 0.188. The van der Waals surface area contributed by atoms with Crippen LogP contribution in [0.1, 0.15) is 72.3 Å². The standard InChI is InChI=1S/C27H38N6O6Si/c1-9-20-21(39-40(7,8)27(4,5)6)14-22(38-20)32-15-28-23-24(32)30-26(29-17(3)34)31-25(23)37-16(2)18-12-10-11-13-19(18)33(35)36/h10-13,15-16,20-22H,9,14H2,1-8H3,(H,29,30,31,34)/t16?,20-,21?,22-/m1/s1. The summed E-state index contributed by atoms with van der Waals surface area (Å²) < 4.78 is 21.1. The lowest BCUT2D eigenvalue weighted by Gasteiger charge is -2.39. The van der Waals surface area contributed by atoms with Crippen molar-refractivity contribution in [2.75, 3.05) is 5.32 Å². The molecular weight excluding hydrogens is 532 g/mol. The van der Waals surface area contributed by atoms with E-state index in [1.807, 2.05) is 4.57 Å². The van der Waals surface area contributed by atoms with Gasteiger partial charge < -0.3 is 13.9 Å². The zero-order chi connectivity index (χ0) is 29.4. The summed E-state index contributed by atoms with van der Waals surface area (Å²) in [6.07, 6.45) is 1.71. The highest BCUT2D eigenvalue weighted by Gasteiger charge is 2.45. The second-order valence-electron chi connectivity index (χ2n) is 11.6. The summed E-state index contributed by atoms with van der Waals surface area (Å²) in [5.41, 5.74) is 1.09. The second kappa shape index (κ2) is 11.2. The molecule has 1 N–H and O–H groups in total. The number of nitro benzene ring substituents is 1. The van der Waals surface area contributed by atoms with Crippen LogP contribution in [0.4, 0.5) is 11.6 Å². The van der Waals surface area contributed by atoms with Gasteiger partial charge in [-0.2, -0.15) is 9.97 Å². The highest BCUT2D eigenvalue weighted by molar-refractivity contribution is 6.74. The van der Waals surface area contributed by atoms with E-state index < -0.39 is 25.6 Å². The van der Waals surface area contributed by atoms with Gasteiger partial charge in [-0.3, -0.25) is 24.8 Å². The van der Waals surface area contributed by atoms with Crippen molar-refractivity contribution >= 4 is 37.0 Å². The highest BCUT2D eigenvalue weighted by atomic mass is 28.4. The maximum atomic E-state index is 11.9. The minimum atomic E-state index is -2.04. The zero-order valence-corrected chi connectivity index (χ0v) is 25.3. The highest BCUT2D eigenvalue weighted by Crippen LogP contribution is 2.42. The van der Waals surface area contributed by atoms with Gasteiger partial charge in [0.15, 0.2) is 19.5 Å². The third-order valence-corrected chi connectivity index (χ3v) is 12.2. The number of amides is 1. The van der Waals surface area contributed by atoms with Crippen molar-refractivity contribution in [3.05, 3.63) is 46.3 Å². The first kappa shape index (κ1) is 29.6. The fourth-order valence-corrected chi connectivity index (χ4v) is 5.90. The monoisotopic (exact) mass is 570 g/mol. The number of nitrogens with zero attached hydrogens (tertiary/aromatic N) is 5. The van der Waals surface area contributed by atoms with Gasteiger partial charge in [0.2, 0.25) is 17.7 Å². The lowest BCUT2D eigenvalue weighted by atomic mass is 10.1. The summed E-state index contributed by atoms with van der Waals surface area (Å²) in [4.78, 5) is 36.5. The number of nitrogens with one attached hydrogen (secondary N) is 1. The number of imidazole rings is 1. The van der Waals surface area contributed by atoms with Crippen LogP contribution < -0.4 is 10.1 Å². The molecular formula is C27H38N6O6Si. The minimum Gasteiger partial charge on any atom is -0.468 e. The molecule has 3 aromatic rings. The summed E-state index contributed by atoms with van der Waals surface area (Å²) in [5, 5.41) is 14.2. The normalized spacial score (nSPS) is 20.4. The Morgan fingerprint density at radius 2 is 2.00 bits per heavy atom. The predicted octanol–water partition coefficient (Wildman–Crippen LogP) is 5.92. The van der Waals surface area contributed by atoms with E-state index in [2.05, 4.69) is 61.1 Å². The molecule has 0 saturated carbocycles. The van der Waals surface area contributed by atoms with Gasteiger partial charge in [0.25, 0.3) is 5.69 Å². The van der Waals surface area contributed by atoms with Crippen LogP contribution in [0.5, 0.6) is 5.88 Å². The van der Waals surface area contributed by atoms with Crippen LogP contribution in [0.2, 0.25) is 18.1 Å². The molecule has 1 aliphatic heterocycles. The molecule has 40 heavy (non-hydrogen) atoms. The maximum Gasteiger partial charge on any atom is 0.276 e. The predicted molar refractivity (Wildman–Crippen MR) is 153 cm³/mol. The number of benzene rings is 1. The lowest BCUT2D eigenvalue weighted by Crippen LogP contribution is -2.45. The molecule has 0 bridgehead atoms. The molecule has 1 amide bonds. The topological polar surface area (TPSA) is 144 Å². The van der Waals surface area contributed by atoms with E-state index in [0.29, 0.717) is 23.1 Å². The van der Waals surface area contributed by atoms with E-state index >= 15 is 0 Å². The van der Waals surface area contributed by atoms with Crippen molar-refractivity contribution in [3.63, 3.8) is 0 Å². The molecule has 1 saturated heterocycles. The van der Waals surface area contributed by atoms with E-state index in [4.69, 9.17) is 13.9 Å². The van der Waals surface area contributed by atoms with Crippen LogP contribution in [0.3, 0.4) is 0 Å². The summed E-state index contributed by atoms with van der Waals surface area (Å²) in [7, 11) is -2.04. The summed E-state index contributed by atoms with van der Waals surface area (Å²) in [6.45, 7) is 16.2. The number of nitro groups is 1. The molecule has 1 fully saturated rings. The fourth-order valence-electron chi connectivity index (χ4n) is 4.54. The maximum absolute atomic E-state index is 11.9. The summed E-state index contributed by atoms with van der Waals surface area (Å²) in [5.74, 6) is -0.225. The van der Waals surface area contributed by atoms with Crippen LogP contribution >= 0.6 is 0 Å². The number of rotatable bonds is 9. The second-order valence-corrected chi connectivity index (χ2v) is 16.4. The average Bonchev–Trinajstić information content (AvgIpc) is 3.46. The van der Waals surface area contributed by atoms with Crippen LogP contribution in [0.15, 0.2) is 30.6 Å². The third-order valence-electron chi connectivity index (χ3n) is 7.68. The van der Waals surface area contributed by atoms with Gasteiger partial charge in [0.05, 0.1) is 29.0 Å². The van der Waals surface area contributed by atoms with E-state index in [1.165, 1.54) is 13.0 Å². The number of anilines is 1. The molecule has 2 unspecified atom stereocenters. The molecule has 4 atom stereocenters. The Labute approximate surface area is 234 Å². The van der Waals surface area contributed by atoms with Gasteiger partial charge in [-0.15, -0.1) is 0 Å². The first-order chi connectivity index (χ1) is 18.7. The molecule has 216 valence electrons. The van der Waals surface area contributed by atoms with Crippen molar-refractivity contribution < 1.29 is 23.6 Å². The van der Waals surface area contributed by atoms with Crippen LogP contribution in [-0.4, -0.2) is 50.9 Å². The number of para-hydroxylation sites is 1. The smallest absolute Gasteiger partial charge is 0.276 e. The van der Waals surface area contributed by atoms with Crippen molar-refractivity contribution in [1.82, 2.24) is 19.5 Å².